The number of unbranched alkanes of at least 4 members (excludes halogenated alkanes) is 29. The fourth-order valence-corrected chi connectivity index (χ4v) is 8.04. The highest BCUT2D eigenvalue weighted by Crippen LogP contribution is 2.42. The third kappa shape index (κ3) is 49.1. The van der Waals surface area contributed by atoms with Gasteiger partial charge in [0.25, 0.3) is 0 Å². The van der Waals surface area contributed by atoms with Crippen molar-refractivity contribution in [1.29, 1.82) is 0 Å². The van der Waals surface area contributed by atoms with Gasteiger partial charge in [-0.05, 0) is 44.9 Å². The van der Waals surface area contributed by atoms with E-state index in [1.807, 2.05) is 0 Å². The van der Waals surface area contributed by atoms with Crippen LogP contribution in [0.4, 0.5) is 0 Å². The maximum absolute atomic E-state index is 12.1. The van der Waals surface area contributed by atoms with E-state index in [0.29, 0.717) is 6.42 Å². The van der Waals surface area contributed by atoms with Crippen molar-refractivity contribution in [3.63, 3.8) is 0 Å². The number of phosphoric ester groups is 1. The molecule has 0 aliphatic heterocycles. The third-order valence-electron chi connectivity index (χ3n) is 11.1. The molecule has 2 atom stereocenters. The number of esters is 1. The Kier molecular flexibility index (Phi) is 46.3. The second-order valence-electron chi connectivity index (χ2n) is 17.1. The monoisotopic (exact) mass is 882 g/mol. The molecule has 0 aromatic heterocycles. The fourth-order valence-electron chi connectivity index (χ4n) is 7.28. The molecule has 1 amide bonds. The molecule has 2 unspecified atom stereocenters. The molecule has 61 heavy (non-hydrogen) atoms. The van der Waals surface area contributed by atoms with E-state index in [0.717, 1.165) is 64.2 Å². The maximum atomic E-state index is 12.1. The number of carbonyl (C=O) groups is 2. The molecule has 0 spiro atoms. The summed E-state index contributed by atoms with van der Waals surface area (Å²) in [5.74, 6) is -0.518. The maximum Gasteiger partial charge on any atom is 0.472 e. The number of hydrogen-bond donors (Lipinski definition) is 3. The van der Waals surface area contributed by atoms with Crippen LogP contribution in [0, 0.1) is 0 Å². The van der Waals surface area contributed by atoms with Gasteiger partial charge in [-0.25, -0.2) is 4.57 Å². The first kappa shape index (κ1) is 59.2. The molecule has 9 nitrogen and oxygen atoms in total. The van der Waals surface area contributed by atoms with Crippen LogP contribution in [0.2, 0.25) is 0 Å². The van der Waals surface area contributed by atoms with Crippen molar-refractivity contribution >= 4 is 19.7 Å². The highest BCUT2D eigenvalue weighted by Gasteiger charge is 2.23. The zero-order valence-electron chi connectivity index (χ0n) is 39.6. The van der Waals surface area contributed by atoms with Gasteiger partial charge < -0.3 is 20.1 Å². The number of carbonyl (C=O) groups excluding carboxylic acids is 2. The van der Waals surface area contributed by atoms with Crippen molar-refractivity contribution < 1.29 is 37.9 Å². The Balaban J connectivity index is 3.53. The van der Waals surface area contributed by atoms with Gasteiger partial charge in [-0.1, -0.05) is 224 Å². The van der Waals surface area contributed by atoms with Crippen LogP contribution >= 0.6 is 7.82 Å². The molecule has 0 aromatic rings. The molecule has 358 valence electrons. The van der Waals surface area contributed by atoms with E-state index in [9.17, 15) is 24.2 Å². The van der Waals surface area contributed by atoms with Crippen LogP contribution in [0.5, 0.6) is 0 Å². The Morgan fingerprint density at radius 3 is 1.41 bits per heavy atom. The fraction of sp³-hybridized carbons (Fsp3) is 0.843. The minimum atomic E-state index is -4.42. The SMILES string of the molecule is CC/C=C\C/C=C\C/C=C\CCCCCCCCCC(=O)NCCOP(=O)(O)OCC(O)COC(=O)CCCCCCCCCCCCCCCCCCCCCCCCC. The van der Waals surface area contributed by atoms with Crippen molar-refractivity contribution in [2.75, 3.05) is 26.4 Å². The summed E-state index contributed by atoms with van der Waals surface area (Å²) in [6.07, 6.45) is 55.2. The predicted octanol–water partition coefficient (Wildman–Crippen LogP) is 14.9. The van der Waals surface area contributed by atoms with Gasteiger partial charge in [-0.15, -0.1) is 0 Å². The second kappa shape index (κ2) is 47.7. The standard InChI is InChI=1S/C51H96NO8P/c1-3-5-7-9-11-13-15-17-19-21-22-23-24-25-26-28-30-32-34-36-38-40-42-44-51(55)58-47-49(53)48-60-61(56,57)59-46-45-52-50(54)43-41-39-37-35-33-31-29-27-20-18-16-14-12-10-8-6-4-2/h6,8,12,14,18,20,49,53H,3-5,7,9-11,13,15-17,19,21-48H2,1-2H3,(H,52,54)(H,56,57)/b8-6-,14-12-,20-18-. The van der Waals surface area contributed by atoms with Crippen LogP contribution in [0.1, 0.15) is 245 Å². The normalized spacial score (nSPS) is 13.4. The van der Waals surface area contributed by atoms with Crippen LogP contribution in [0.3, 0.4) is 0 Å². The molecule has 0 saturated carbocycles. The summed E-state index contributed by atoms with van der Waals surface area (Å²) in [4.78, 5) is 34.0. The van der Waals surface area contributed by atoms with Gasteiger partial charge in [0.05, 0.1) is 13.2 Å². The van der Waals surface area contributed by atoms with Crippen molar-refractivity contribution in [2.24, 2.45) is 0 Å². The number of allylic oxidation sites excluding steroid dienone is 6. The van der Waals surface area contributed by atoms with Crippen LogP contribution in [0.15, 0.2) is 36.5 Å². The van der Waals surface area contributed by atoms with Crippen LogP contribution in [-0.2, 0) is 27.9 Å². The largest absolute Gasteiger partial charge is 0.472 e. The number of phosphoric acid groups is 1. The molecule has 0 aliphatic rings. The van der Waals surface area contributed by atoms with Crippen molar-refractivity contribution in [3.8, 4) is 0 Å². The molecular weight excluding hydrogens is 786 g/mol. The molecule has 0 heterocycles. The first-order valence-corrected chi connectivity index (χ1v) is 27.0. The average Bonchev–Trinajstić information content (AvgIpc) is 3.25. The Labute approximate surface area is 375 Å². The topological polar surface area (TPSA) is 131 Å². The van der Waals surface area contributed by atoms with E-state index in [4.69, 9.17) is 13.8 Å². The van der Waals surface area contributed by atoms with Crippen LogP contribution in [-0.4, -0.2) is 54.3 Å². The van der Waals surface area contributed by atoms with E-state index in [1.54, 1.807) is 0 Å². The van der Waals surface area contributed by atoms with E-state index in [-0.39, 0.29) is 32.1 Å². The Hall–Kier alpha value is -1.77. The molecule has 0 aliphatic carbocycles. The molecule has 0 rings (SSSR count). The lowest BCUT2D eigenvalue weighted by atomic mass is 10.0. The van der Waals surface area contributed by atoms with Crippen molar-refractivity contribution in [3.05, 3.63) is 36.5 Å². The summed E-state index contributed by atoms with van der Waals surface area (Å²) in [7, 11) is -4.42. The van der Waals surface area contributed by atoms with Crippen molar-refractivity contribution in [2.45, 2.75) is 251 Å². The Morgan fingerprint density at radius 1 is 0.525 bits per heavy atom. The van der Waals surface area contributed by atoms with Gasteiger partial charge in [0.2, 0.25) is 5.91 Å². The van der Waals surface area contributed by atoms with E-state index < -0.39 is 26.5 Å². The van der Waals surface area contributed by atoms with Gasteiger partial charge in [0.1, 0.15) is 12.7 Å². The first-order chi connectivity index (χ1) is 29.8. The Bertz CT molecular complexity index is 1100. The van der Waals surface area contributed by atoms with Gasteiger partial charge in [0, 0.05) is 19.4 Å². The number of rotatable bonds is 48. The minimum absolute atomic E-state index is 0.0769. The van der Waals surface area contributed by atoms with Crippen LogP contribution < -0.4 is 5.32 Å². The number of amides is 1. The number of aliphatic hydroxyl groups is 1. The van der Waals surface area contributed by atoms with Gasteiger partial charge in [-0.2, -0.15) is 0 Å². The second-order valence-corrected chi connectivity index (χ2v) is 18.6. The zero-order valence-corrected chi connectivity index (χ0v) is 40.5. The number of nitrogens with one attached hydrogen (secondary N) is 1. The molecule has 0 radical (unpaired) electrons. The smallest absolute Gasteiger partial charge is 0.463 e. The summed E-state index contributed by atoms with van der Waals surface area (Å²) in [6, 6.07) is 0. The van der Waals surface area contributed by atoms with E-state index >= 15 is 0 Å². The quantitative estimate of drug-likeness (QED) is 0.0238. The first-order valence-electron chi connectivity index (χ1n) is 25.5. The van der Waals surface area contributed by atoms with Crippen molar-refractivity contribution in [1.82, 2.24) is 5.32 Å². The summed E-state index contributed by atoms with van der Waals surface area (Å²) >= 11 is 0. The van der Waals surface area contributed by atoms with E-state index in [2.05, 4.69) is 55.6 Å². The molecule has 0 aromatic carbocycles. The van der Waals surface area contributed by atoms with E-state index in [1.165, 1.54) is 154 Å². The third-order valence-corrected chi connectivity index (χ3v) is 12.1. The number of aliphatic hydroxyl groups excluding tert-OH is 1. The zero-order chi connectivity index (χ0) is 44.6. The minimum Gasteiger partial charge on any atom is -0.463 e. The summed E-state index contributed by atoms with van der Waals surface area (Å²) in [5.41, 5.74) is 0. The van der Waals surface area contributed by atoms with Gasteiger partial charge in [0.15, 0.2) is 0 Å². The molecule has 0 fully saturated rings. The lowest BCUT2D eigenvalue weighted by molar-refractivity contribution is -0.147. The highest BCUT2D eigenvalue weighted by molar-refractivity contribution is 7.47. The summed E-state index contributed by atoms with van der Waals surface area (Å²) in [5, 5.41) is 12.7. The predicted molar refractivity (Wildman–Crippen MR) is 257 cm³/mol. The lowest BCUT2D eigenvalue weighted by Crippen LogP contribution is -2.27. The summed E-state index contributed by atoms with van der Waals surface area (Å²) < 4.78 is 27.0. The van der Waals surface area contributed by atoms with Crippen LogP contribution in [0.25, 0.3) is 0 Å². The average molecular weight is 882 g/mol. The molecule has 10 heteroatoms. The number of hydrogen-bond acceptors (Lipinski definition) is 7. The molecule has 0 bridgehead atoms. The molecule has 0 saturated heterocycles. The number of ether oxygens (including phenoxy) is 1. The molecular formula is C51H96NO8P. The lowest BCUT2D eigenvalue weighted by Gasteiger charge is -2.15. The van der Waals surface area contributed by atoms with Gasteiger partial charge >= 0.3 is 13.8 Å². The highest BCUT2D eigenvalue weighted by atomic mass is 31.2. The Morgan fingerprint density at radius 2 is 0.934 bits per heavy atom. The molecule has 3 N–H and O–H groups in total. The van der Waals surface area contributed by atoms with Gasteiger partial charge in [-0.3, -0.25) is 18.6 Å². The summed E-state index contributed by atoms with van der Waals surface area (Å²) in [6.45, 7) is 3.47.